The zero-order valence-electron chi connectivity index (χ0n) is 16.3. The number of carbonyl (C=O) groups is 1. The SMILES string of the molecule is CC(C)(C#CC1CCCCC1)Oc1cc(C(=O)Oc2ccccc2)ccc1F. The van der Waals surface area contributed by atoms with Gasteiger partial charge < -0.3 is 9.47 Å². The van der Waals surface area contributed by atoms with Gasteiger partial charge in [-0.2, -0.15) is 0 Å². The fraction of sp³-hybridized carbons (Fsp3) is 0.375. The van der Waals surface area contributed by atoms with Crippen LogP contribution in [0.4, 0.5) is 4.39 Å². The minimum Gasteiger partial charge on any atom is -0.472 e. The zero-order chi connectivity index (χ0) is 20.0. The highest BCUT2D eigenvalue weighted by Crippen LogP contribution is 2.26. The molecule has 3 nitrogen and oxygen atoms in total. The summed E-state index contributed by atoms with van der Waals surface area (Å²) in [5, 5.41) is 0. The van der Waals surface area contributed by atoms with Crippen LogP contribution in [0.2, 0.25) is 0 Å². The van der Waals surface area contributed by atoms with Crippen LogP contribution in [-0.4, -0.2) is 11.6 Å². The van der Waals surface area contributed by atoms with Gasteiger partial charge in [-0.05, 0) is 57.0 Å². The molecular weight excluding hydrogens is 355 g/mol. The summed E-state index contributed by atoms with van der Waals surface area (Å²) in [6, 6.07) is 12.7. The average Bonchev–Trinajstić information content (AvgIpc) is 2.69. The molecule has 4 heteroatoms. The summed E-state index contributed by atoms with van der Waals surface area (Å²) < 4.78 is 25.4. The second-order valence-electron chi connectivity index (χ2n) is 7.56. The van der Waals surface area contributed by atoms with Gasteiger partial charge in [-0.25, -0.2) is 9.18 Å². The van der Waals surface area contributed by atoms with Gasteiger partial charge in [-0.3, -0.25) is 0 Å². The predicted molar refractivity (Wildman–Crippen MR) is 107 cm³/mol. The van der Waals surface area contributed by atoms with Crippen LogP contribution >= 0.6 is 0 Å². The molecule has 2 aromatic rings. The topological polar surface area (TPSA) is 35.5 Å². The zero-order valence-corrected chi connectivity index (χ0v) is 16.3. The highest BCUT2D eigenvalue weighted by Gasteiger charge is 2.21. The van der Waals surface area contributed by atoms with Crippen molar-refractivity contribution >= 4 is 5.97 Å². The molecule has 0 N–H and O–H groups in total. The van der Waals surface area contributed by atoms with E-state index >= 15 is 0 Å². The summed E-state index contributed by atoms with van der Waals surface area (Å²) in [7, 11) is 0. The number of hydrogen-bond donors (Lipinski definition) is 0. The first kappa shape index (κ1) is 19.9. The molecule has 0 amide bonds. The van der Waals surface area contributed by atoms with Crippen LogP contribution in [0.25, 0.3) is 0 Å². The van der Waals surface area contributed by atoms with E-state index in [-0.39, 0.29) is 11.3 Å². The van der Waals surface area contributed by atoms with Crippen LogP contribution in [0.15, 0.2) is 48.5 Å². The summed E-state index contributed by atoms with van der Waals surface area (Å²) >= 11 is 0. The predicted octanol–water partition coefficient (Wildman–Crippen LogP) is 5.79. The number of rotatable bonds is 4. The molecule has 0 radical (unpaired) electrons. The number of halogens is 1. The highest BCUT2D eigenvalue weighted by atomic mass is 19.1. The fourth-order valence-electron chi connectivity index (χ4n) is 3.19. The molecule has 0 atom stereocenters. The number of carbonyl (C=O) groups excluding carboxylic acids is 1. The summed E-state index contributed by atoms with van der Waals surface area (Å²) in [5.41, 5.74) is -0.642. The van der Waals surface area contributed by atoms with Crippen molar-refractivity contribution in [1.29, 1.82) is 0 Å². The van der Waals surface area contributed by atoms with E-state index in [1.54, 1.807) is 38.1 Å². The van der Waals surface area contributed by atoms with Gasteiger partial charge in [0.25, 0.3) is 0 Å². The number of benzene rings is 2. The van der Waals surface area contributed by atoms with E-state index in [9.17, 15) is 9.18 Å². The monoisotopic (exact) mass is 380 g/mol. The van der Waals surface area contributed by atoms with Crippen molar-refractivity contribution in [3.05, 3.63) is 59.9 Å². The Balaban J connectivity index is 1.72. The Kier molecular flexibility index (Phi) is 6.36. The van der Waals surface area contributed by atoms with Crippen molar-refractivity contribution in [3.63, 3.8) is 0 Å². The maximum Gasteiger partial charge on any atom is 0.343 e. The first-order valence-corrected chi connectivity index (χ1v) is 9.71. The molecule has 0 aliphatic heterocycles. The van der Waals surface area contributed by atoms with Crippen molar-refractivity contribution in [3.8, 4) is 23.3 Å². The minimum absolute atomic E-state index is 0.00884. The van der Waals surface area contributed by atoms with Crippen LogP contribution < -0.4 is 9.47 Å². The van der Waals surface area contributed by atoms with Gasteiger partial charge in [0.2, 0.25) is 0 Å². The first-order valence-electron chi connectivity index (χ1n) is 9.71. The first-order chi connectivity index (χ1) is 13.4. The number of esters is 1. The average molecular weight is 380 g/mol. The molecule has 1 aliphatic carbocycles. The lowest BCUT2D eigenvalue weighted by molar-refractivity contribution is 0.0733. The standard InChI is InChI=1S/C24H25FO3/c1-24(2,16-15-18-9-5-3-6-10-18)28-22-17-19(13-14-21(22)25)23(26)27-20-11-7-4-8-12-20/h4,7-8,11-14,17-18H,3,5-6,9-10H2,1-2H3. The Morgan fingerprint density at radius 1 is 1.07 bits per heavy atom. The van der Waals surface area contributed by atoms with Gasteiger partial charge in [-0.15, -0.1) is 0 Å². The van der Waals surface area contributed by atoms with Gasteiger partial charge >= 0.3 is 5.97 Å². The van der Waals surface area contributed by atoms with Crippen molar-refractivity contribution in [2.75, 3.05) is 0 Å². The molecule has 0 spiro atoms. The summed E-state index contributed by atoms with van der Waals surface area (Å²) in [5.74, 6) is 6.12. The van der Waals surface area contributed by atoms with Crippen molar-refractivity contribution in [1.82, 2.24) is 0 Å². The van der Waals surface area contributed by atoms with Crippen molar-refractivity contribution in [2.45, 2.75) is 51.6 Å². The van der Waals surface area contributed by atoms with E-state index in [4.69, 9.17) is 9.47 Å². The van der Waals surface area contributed by atoms with Gasteiger partial charge in [-0.1, -0.05) is 49.3 Å². The van der Waals surface area contributed by atoms with Gasteiger partial charge in [0, 0.05) is 5.92 Å². The van der Waals surface area contributed by atoms with Crippen LogP contribution in [0.1, 0.15) is 56.3 Å². The molecule has 0 unspecified atom stereocenters. The van der Waals surface area contributed by atoms with E-state index in [1.165, 1.54) is 37.5 Å². The summed E-state index contributed by atoms with van der Waals surface area (Å²) in [4.78, 5) is 12.3. The molecule has 1 aliphatic rings. The Labute approximate surface area is 165 Å². The van der Waals surface area contributed by atoms with E-state index in [2.05, 4.69) is 11.8 Å². The van der Waals surface area contributed by atoms with Crippen LogP contribution in [-0.2, 0) is 0 Å². The largest absolute Gasteiger partial charge is 0.472 e. The minimum atomic E-state index is -0.861. The molecular formula is C24H25FO3. The van der Waals surface area contributed by atoms with Crippen LogP contribution in [0, 0.1) is 23.6 Å². The molecule has 1 saturated carbocycles. The third kappa shape index (κ3) is 5.60. The smallest absolute Gasteiger partial charge is 0.343 e. The summed E-state index contributed by atoms with van der Waals surface area (Å²) in [6.07, 6.45) is 5.91. The lowest BCUT2D eigenvalue weighted by Gasteiger charge is -2.22. The lowest BCUT2D eigenvalue weighted by Crippen LogP contribution is -2.27. The molecule has 0 heterocycles. The molecule has 28 heavy (non-hydrogen) atoms. The quantitative estimate of drug-likeness (QED) is 0.383. The third-order valence-corrected chi connectivity index (χ3v) is 4.67. The highest BCUT2D eigenvalue weighted by molar-refractivity contribution is 5.91. The Morgan fingerprint density at radius 2 is 1.79 bits per heavy atom. The van der Waals surface area contributed by atoms with E-state index in [0.29, 0.717) is 11.7 Å². The third-order valence-electron chi connectivity index (χ3n) is 4.67. The number of ether oxygens (including phenoxy) is 2. The maximum atomic E-state index is 14.3. The van der Waals surface area contributed by atoms with Crippen LogP contribution in [0.3, 0.4) is 0 Å². The Morgan fingerprint density at radius 3 is 2.50 bits per heavy atom. The Hall–Kier alpha value is -2.80. The van der Waals surface area contributed by atoms with Crippen molar-refractivity contribution in [2.24, 2.45) is 5.92 Å². The molecule has 1 fully saturated rings. The number of hydrogen-bond acceptors (Lipinski definition) is 3. The van der Waals surface area contributed by atoms with E-state index in [1.807, 2.05) is 6.07 Å². The summed E-state index contributed by atoms with van der Waals surface area (Å²) in [6.45, 7) is 3.61. The fourth-order valence-corrected chi connectivity index (χ4v) is 3.19. The van der Waals surface area contributed by atoms with Crippen molar-refractivity contribution < 1.29 is 18.7 Å². The maximum absolute atomic E-state index is 14.3. The van der Waals surface area contributed by atoms with Gasteiger partial charge in [0.15, 0.2) is 17.2 Å². The second-order valence-corrected chi connectivity index (χ2v) is 7.56. The Bertz CT molecular complexity index is 872. The second kappa shape index (κ2) is 8.93. The van der Waals surface area contributed by atoms with Gasteiger partial charge in [0.1, 0.15) is 5.75 Å². The van der Waals surface area contributed by atoms with E-state index < -0.39 is 17.4 Å². The van der Waals surface area contributed by atoms with E-state index in [0.717, 1.165) is 12.8 Å². The molecule has 2 aromatic carbocycles. The number of para-hydroxylation sites is 1. The molecule has 3 rings (SSSR count). The normalized spacial score (nSPS) is 14.7. The van der Waals surface area contributed by atoms with Gasteiger partial charge in [0.05, 0.1) is 5.56 Å². The molecule has 0 saturated heterocycles. The lowest BCUT2D eigenvalue weighted by atomic mass is 9.89. The molecule has 0 bridgehead atoms. The molecule has 146 valence electrons. The molecule has 0 aromatic heterocycles. The van der Waals surface area contributed by atoms with Crippen LogP contribution in [0.5, 0.6) is 11.5 Å².